The molecule has 0 saturated carbocycles. The molecule has 112 valence electrons. The molecule has 1 aliphatic rings. The summed E-state index contributed by atoms with van der Waals surface area (Å²) in [4.78, 5) is 17.8. The van der Waals surface area contributed by atoms with Gasteiger partial charge in [0.15, 0.2) is 5.96 Å². The van der Waals surface area contributed by atoms with Gasteiger partial charge in [-0.3, -0.25) is 9.79 Å². The van der Waals surface area contributed by atoms with Crippen LogP contribution in [0.25, 0.3) is 0 Å². The Hall–Kier alpha value is -0.530. The molecular weight excluding hydrogens is 357 g/mol. The second kappa shape index (κ2) is 8.60. The molecule has 0 radical (unpaired) electrons. The van der Waals surface area contributed by atoms with Crippen molar-refractivity contribution in [3.05, 3.63) is 0 Å². The van der Waals surface area contributed by atoms with E-state index in [-0.39, 0.29) is 36.4 Å². The Morgan fingerprint density at radius 2 is 1.84 bits per heavy atom. The van der Waals surface area contributed by atoms with Gasteiger partial charge in [-0.15, -0.1) is 24.0 Å². The maximum absolute atomic E-state index is 11.5. The van der Waals surface area contributed by atoms with Crippen molar-refractivity contribution in [2.45, 2.75) is 52.1 Å². The van der Waals surface area contributed by atoms with Gasteiger partial charge in [-0.2, -0.15) is 0 Å². The molecule has 1 saturated heterocycles. The minimum absolute atomic E-state index is 0. The number of nitrogens with two attached hydrogens (primary N) is 1. The summed E-state index contributed by atoms with van der Waals surface area (Å²) in [5.41, 5.74) is 5.45. The topological polar surface area (TPSA) is 67.9 Å². The van der Waals surface area contributed by atoms with Crippen molar-refractivity contribution in [2.75, 3.05) is 19.6 Å². The molecule has 1 fully saturated rings. The lowest BCUT2D eigenvalue weighted by molar-refractivity contribution is -0.154. The number of piperidine rings is 1. The first-order chi connectivity index (χ1) is 8.38. The van der Waals surface area contributed by atoms with Crippen LogP contribution in [0.1, 0.15) is 46.5 Å². The van der Waals surface area contributed by atoms with E-state index in [1.165, 1.54) is 19.3 Å². The zero-order valence-corrected chi connectivity index (χ0v) is 14.5. The lowest BCUT2D eigenvalue weighted by atomic mass is 10.1. The largest absolute Gasteiger partial charge is 0.460 e. The molecule has 0 amide bonds. The molecule has 19 heavy (non-hydrogen) atoms. The van der Waals surface area contributed by atoms with Gasteiger partial charge in [-0.1, -0.05) is 0 Å². The summed E-state index contributed by atoms with van der Waals surface area (Å²) in [7, 11) is 0. The van der Waals surface area contributed by atoms with Crippen molar-refractivity contribution in [3.8, 4) is 0 Å². The summed E-state index contributed by atoms with van der Waals surface area (Å²) < 4.78 is 5.20. The number of esters is 1. The minimum Gasteiger partial charge on any atom is -0.460 e. The quantitative estimate of drug-likeness (QED) is 0.351. The first kappa shape index (κ1) is 18.5. The lowest BCUT2D eigenvalue weighted by Crippen LogP contribution is -2.41. The average Bonchev–Trinajstić information content (AvgIpc) is 2.27. The van der Waals surface area contributed by atoms with Gasteiger partial charge in [0.05, 0.1) is 13.0 Å². The van der Waals surface area contributed by atoms with Gasteiger partial charge < -0.3 is 15.4 Å². The Bertz CT molecular complexity index is 308. The van der Waals surface area contributed by atoms with Crippen LogP contribution in [0.3, 0.4) is 0 Å². The molecule has 0 aromatic heterocycles. The highest BCUT2D eigenvalue weighted by atomic mass is 127. The Labute approximate surface area is 133 Å². The summed E-state index contributed by atoms with van der Waals surface area (Å²) in [5, 5.41) is 0. The van der Waals surface area contributed by atoms with Crippen molar-refractivity contribution in [3.63, 3.8) is 0 Å². The second-order valence-corrected chi connectivity index (χ2v) is 5.62. The van der Waals surface area contributed by atoms with Crippen molar-refractivity contribution < 1.29 is 9.53 Å². The van der Waals surface area contributed by atoms with Gasteiger partial charge in [0, 0.05) is 13.1 Å². The van der Waals surface area contributed by atoms with E-state index in [1.807, 2.05) is 20.8 Å². The van der Waals surface area contributed by atoms with Gasteiger partial charge in [0.1, 0.15) is 5.60 Å². The Balaban J connectivity index is 0.00000324. The van der Waals surface area contributed by atoms with Crippen LogP contribution < -0.4 is 5.73 Å². The highest BCUT2D eigenvalue weighted by Gasteiger charge is 2.16. The van der Waals surface area contributed by atoms with Gasteiger partial charge in [0.2, 0.25) is 0 Å². The fourth-order valence-corrected chi connectivity index (χ4v) is 1.88. The normalized spacial score (nSPS) is 16.8. The molecule has 1 aliphatic heterocycles. The molecule has 0 bridgehead atoms. The molecule has 6 heteroatoms. The van der Waals surface area contributed by atoms with Crippen LogP contribution in [-0.2, 0) is 9.53 Å². The van der Waals surface area contributed by atoms with Crippen molar-refractivity contribution >= 4 is 35.9 Å². The first-order valence-electron chi connectivity index (χ1n) is 6.65. The third-order valence-corrected chi connectivity index (χ3v) is 2.69. The van der Waals surface area contributed by atoms with Crippen LogP contribution in [0.15, 0.2) is 4.99 Å². The summed E-state index contributed by atoms with van der Waals surface area (Å²) in [6.45, 7) is 7.92. The minimum atomic E-state index is -0.431. The summed E-state index contributed by atoms with van der Waals surface area (Å²) >= 11 is 0. The molecule has 1 rings (SSSR count). The number of hydrogen-bond donors (Lipinski definition) is 1. The standard InChI is InChI=1S/C13H25N3O2.HI/c1-13(2,3)18-11(17)7-8-15-12(14)16-9-5-4-6-10-16;/h4-10H2,1-3H3,(H2,14,15);1H. The van der Waals surface area contributed by atoms with Crippen LogP contribution in [0.2, 0.25) is 0 Å². The van der Waals surface area contributed by atoms with Crippen molar-refractivity contribution in [1.82, 2.24) is 4.90 Å². The zero-order chi connectivity index (χ0) is 13.6. The summed E-state index contributed by atoms with van der Waals surface area (Å²) in [5.74, 6) is 0.330. The summed E-state index contributed by atoms with van der Waals surface area (Å²) in [6, 6.07) is 0. The average molecular weight is 383 g/mol. The van der Waals surface area contributed by atoms with Gasteiger partial charge in [-0.25, -0.2) is 0 Å². The number of halogens is 1. The predicted molar refractivity (Wildman–Crippen MR) is 87.8 cm³/mol. The molecule has 0 aromatic rings. The van der Waals surface area contributed by atoms with Crippen LogP contribution in [-0.4, -0.2) is 42.1 Å². The van der Waals surface area contributed by atoms with E-state index in [0.717, 1.165) is 13.1 Å². The third-order valence-electron chi connectivity index (χ3n) is 2.69. The van der Waals surface area contributed by atoms with Crippen molar-refractivity contribution in [2.24, 2.45) is 10.7 Å². The number of ether oxygens (including phenoxy) is 1. The Morgan fingerprint density at radius 1 is 1.26 bits per heavy atom. The molecular formula is C13H26IN3O2. The number of carbonyl (C=O) groups excluding carboxylic acids is 1. The Kier molecular flexibility index (Phi) is 8.36. The monoisotopic (exact) mass is 383 g/mol. The van der Waals surface area contributed by atoms with Crippen molar-refractivity contribution in [1.29, 1.82) is 0 Å². The fourth-order valence-electron chi connectivity index (χ4n) is 1.88. The van der Waals surface area contributed by atoms with Gasteiger partial charge in [0.25, 0.3) is 0 Å². The van der Waals surface area contributed by atoms with E-state index < -0.39 is 5.60 Å². The number of rotatable bonds is 3. The van der Waals surface area contributed by atoms with E-state index in [0.29, 0.717) is 12.5 Å². The summed E-state index contributed by atoms with van der Waals surface area (Å²) in [6.07, 6.45) is 3.89. The molecule has 0 atom stereocenters. The number of hydrogen-bond acceptors (Lipinski definition) is 3. The number of carbonyl (C=O) groups is 1. The number of guanidine groups is 1. The molecule has 0 spiro atoms. The molecule has 0 unspecified atom stereocenters. The highest BCUT2D eigenvalue weighted by molar-refractivity contribution is 14.0. The smallest absolute Gasteiger partial charge is 0.308 e. The van der Waals surface area contributed by atoms with Crippen LogP contribution in [0.5, 0.6) is 0 Å². The van der Waals surface area contributed by atoms with Crippen LogP contribution >= 0.6 is 24.0 Å². The molecule has 0 aromatic carbocycles. The van der Waals surface area contributed by atoms with E-state index in [2.05, 4.69) is 9.89 Å². The zero-order valence-electron chi connectivity index (χ0n) is 12.1. The molecule has 2 N–H and O–H groups in total. The van der Waals surface area contributed by atoms with Gasteiger partial charge >= 0.3 is 5.97 Å². The highest BCUT2D eigenvalue weighted by Crippen LogP contribution is 2.09. The van der Waals surface area contributed by atoms with Crippen LogP contribution in [0, 0.1) is 0 Å². The fraction of sp³-hybridized carbons (Fsp3) is 0.846. The number of aliphatic imine (C=N–C) groups is 1. The Morgan fingerprint density at radius 3 is 2.37 bits per heavy atom. The SMILES string of the molecule is CC(C)(C)OC(=O)CCN=C(N)N1CCCCC1.I. The van der Waals surface area contributed by atoms with Gasteiger partial charge in [-0.05, 0) is 40.0 Å². The number of nitrogens with zero attached hydrogens (tertiary/aromatic N) is 2. The molecule has 0 aliphatic carbocycles. The maximum atomic E-state index is 11.5. The lowest BCUT2D eigenvalue weighted by Gasteiger charge is -2.27. The molecule has 5 nitrogen and oxygen atoms in total. The van der Waals surface area contributed by atoms with E-state index in [9.17, 15) is 4.79 Å². The predicted octanol–water partition coefficient (Wildman–Crippen LogP) is 2.14. The molecule has 1 heterocycles. The third kappa shape index (κ3) is 8.28. The van der Waals surface area contributed by atoms with E-state index in [1.54, 1.807) is 0 Å². The van der Waals surface area contributed by atoms with E-state index in [4.69, 9.17) is 10.5 Å². The van der Waals surface area contributed by atoms with Crippen LogP contribution in [0.4, 0.5) is 0 Å². The van der Waals surface area contributed by atoms with E-state index >= 15 is 0 Å². The maximum Gasteiger partial charge on any atom is 0.308 e. The first-order valence-corrected chi connectivity index (χ1v) is 6.65. The second-order valence-electron chi connectivity index (χ2n) is 5.62. The number of likely N-dealkylation sites (tertiary alicyclic amines) is 1.